The Labute approximate surface area is 98.2 Å². The molecule has 16 heavy (non-hydrogen) atoms. The molecule has 0 unspecified atom stereocenters. The van der Waals surface area contributed by atoms with Crippen molar-refractivity contribution < 1.29 is 4.79 Å². The molecule has 0 spiro atoms. The highest BCUT2D eigenvalue weighted by Crippen LogP contribution is 2.29. The summed E-state index contributed by atoms with van der Waals surface area (Å²) in [7, 11) is 0. The van der Waals surface area contributed by atoms with Crippen molar-refractivity contribution in [3.8, 4) is 0 Å². The summed E-state index contributed by atoms with van der Waals surface area (Å²) in [6.45, 7) is 4.37. The Kier molecular flexibility index (Phi) is 4.97. The second-order valence-corrected chi connectivity index (χ2v) is 4.46. The summed E-state index contributed by atoms with van der Waals surface area (Å²) in [5, 5.41) is 0. The number of carbonyl (C=O) groups is 1. The quantitative estimate of drug-likeness (QED) is 0.654. The number of rotatable bonds is 6. The lowest BCUT2D eigenvalue weighted by atomic mass is 9.82. The molecule has 1 rings (SSSR count). The molecule has 0 aliphatic rings. The van der Waals surface area contributed by atoms with Crippen LogP contribution < -0.4 is 0 Å². The molecule has 0 aliphatic heterocycles. The van der Waals surface area contributed by atoms with Crippen LogP contribution >= 0.6 is 0 Å². The molecule has 0 radical (unpaired) electrons. The molecule has 0 saturated carbocycles. The maximum Gasteiger partial charge on any atom is 0.120 e. The smallest absolute Gasteiger partial charge is 0.120 e. The first-order chi connectivity index (χ1) is 7.70. The third-order valence-corrected chi connectivity index (χ3v) is 3.12. The average Bonchev–Trinajstić information content (AvgIpc) is 2.35. The fourth-order valence-electron chi connectivity index (χ4n) is 1.63. The Bertz CT molecular complexity index is 340. The van der Waals surface area contributed by atoms with Crippen LogP contribution in [0, 0.1) is 5.41 Å². The Morgan fingerprint density at radius 3 is 2.50 bits per heavy atom. The Morgan fingerprint density at radius 2 is 1.94 bits per heavy atom. The van der Waals surface area contributed by atoms with Crippen LogP contribution in [-0.2, 0) is 4.79 Å². The molecule has 1 aromatic rings. The number of hydrogen-bond donors (Lipinski definition) is 0. The van der Waals surface area contributed by atoms with Crippen LogP contribution in [0.5, 0.6) is 0 Å². The molecule has 0 bridgehead atoms. The van der Waals surface area contributed by atoms with Gasteiger partial charge < -0.3 is 4.79 Å². The predicted octanol–water partition coefficient (Wildman–Crippen LogP) is 4.10. The first kappa shape index (κ1) is 12.7. The zero-order valence-corrected chi connectivity index (χ0v) is 10.1. The molecule has 0 fully saturated rings. The number of aldehydes is 1. The van der Waals surface area contributed by atoms with Gasteiger partial charge in [-0.2, -0.15) is 0 Å². The first-order valence-electron chi connectivity index (χ1n) is 5.88. The minimum absolute atomic E-state index is 0.136. The van der Waals surface area contributed by atoms with Crippen LogP contribution in [0.15, 0.2) is 36.4 Å². The van der Waals surface area contributed by atoms with E-state index in [1.165, 1.54) is 5.56 Å². The van der Waals surface area contributed by atoms with Gasteiger partial charge in [0.25, 0.3) is 0 Å². The summed E-state index contributed by atoms with van der Waals surface area (Å²) < 4.78 is 0. The Hall–Kier alpha value is -1.37. The van der Waals surface area contributed by atoms with Gasteiger partial charge in [0.15, 0.2) is 0 Å². The maximum atomic E-state index is 10.4. The number of hydrogen-bond acceptors (Lipinski definition) is 1. The van der Waals surface area contributed by atoms with E-state index in [9.17, 15) is 4.79 Å². The molecule has 1 aromatic carbocycles. The van der Waals surface area contributed by atoms with Gasteiger partial charge in [-0.05, 0) is 23.8 Å². The van der Waals surface area contributed by atoms with Crippen molar-refractivity contribution in [1.29, 1.82) is 0 Å². The largest absolute Gasteiger partial charge is 0.303 e. The summed E-state index contributed by atoms with van der Waals surface area (Å²) in [6.07, 6.45) is 8.01. The van der Waals surface area contributed by atoms with E-state index in [4.69, 9.17) is 0 Å². The summed E-state index contributed by atoms with van der Waals surface area (Å²) in [4.78, 5) is 10.4. The Morgan fingerprint density at radius 1 is 1.25 bits per heavy atom. The number of allylic oxidation sites excluding steroid dienone is 1. The fourth-order valence-corrected chi connectivity index (χ4v) is 1.63. The molecule has 0 aromatic heterocycles. The monoisotopic (exact) mass is 216 g/mol. The zero-order valence-electron chi connectivity index (χ0n) is 10.1. The lowest BCUT2D eigenvalue weighted by molar-refractivity contribution is -0.108. The lowest BCUT2D eigenvalue weighted by Crippen LogP contribution is -2.11. The van der Waals surface area contributed by atoms with Gasteiger partial charge in [-0.3, -0.25) is 0 Å². The normalized spacial score (nSPS) is 14.9. The molecule has 1 heteroatoms. The summed E-state index contributed by atoms with van der Waals surface area (Å²) in [6, 6.07) is 10.3. The van der Waals surface area contributed by atoms with E-state index >= 15 is 0 Å². The van der Waals surface area contributed by atoms with Crippen molar-refractivity contribution in [1.82, 2.24) is 0 Å². The molecule has 0 amide bonds. The summed E-state index contributed by atoms with van der Waals surface area (Å²) in [5.74, 6) is 0. The van der Waals surface area contributed by atoms with Crippen LogP contribution in [0.25, 0.3) is 6.08 Å². The van der Waals surface area contributed by atoms with Crippen molar-refractivity contribution in [3.05, 3.63) is 42.0 Å². The van der Waals surface area contributed by atoms with Crippen LogP contribution in [0.1, 0.15) is 38.7 Å². The van der Waals surface area contributed by atoms with Gasteiger partial charge in [0.2, 0.25) is 0 Å². The predicted molar refractivity (Wildman–Crippen MR) is 69.2 cm³/mol. The molecular weight excluding hydrogens is 196 g/mol. The number of carbonyl (C=O) groups excluding carboxylic acids is 1. The van der Waals surface area contributed by atoms with Crippen LogP contribution in [-0.4, -0.2) is 6.29 Å². The highest BCUT2D eigenvalue weighted by atomic mass is 16.1. The van der Waals surface area contributed by atoms with Crippen molar-refractivity contribution >= 4 is 12.4 Å². The molecule has 0 heterocycles. The topological polar surface area (TPSA) is 17.1 Å². The zero-order chi connectivity index (χ0) is 11.9. The highest BCUT2D eigenvalue weighted by Gasteiger charge is 2.17. The molecule has 1 atom stereocenters. The van der Waals surface area contributed by atoms with Gasteiger partial charge in [-0.1, -0.05) is 56.3 Å². The second-order valence-electron chi connectivity index (χ2n) is 4.46. The van der Waals surface area contributed by atoms with E-state index in [2.05, 4.69) is 38.1 Å². The van der Waals surface area contributed by atoms with E-state index in [1.54, 1.807) is 0 Å². The fraction of sp³-hybridized carbons (Fsp3) is 0.400. The Balaban J connectivity index is 2.68. The SMILES string of the molecule is CC[C@@](C)(/C=C/c1ccccc1)CCC=O. The third-order valence-electron chi connectivity index (χ3n) is 3.12. The van der Waals surface area contributed by atoms with Gasteiger partial charge in [-0.25, -0.2) is 0 Å². The van der Waals surface area contributed by atoms with E-state index in [-0.39, 0.29) is 5.41 Å². The molecular formula is C15H20O. The van der Waals surface area contributed by atoms with Crippen LogP contribution in [0.4, 0.5) is 0 Å². The molecule has 0 aliphatic carbocycles. The van der Waals surface area contributed by atoms with E-state index in [0.29, 0.717) is 6.42 Å². The minimum atomic E-state index is 0.136. The maximum absolute atomic E-state index is 10.4. The molecule has 86 valence electrons. The van der Waals surface area contributed by atoms with E-state index in [1.807, 2.05) is 18.2 Å². The van der Waals surface area contributed by atoms with Crippen LogP contribution in [0.3, 0.4) is 0 Å². The standard InChI is InChI=1S/C15H20O/c1-3-15(2,11-7-13-16)12-10-14-8-5-4-6-9-14/h4-6,8-10,12-13H,3,7,11H2,1-2H3/b12-10+/t15-/m1/s1. The van der Waals surface area contributed by atoms with Crippen molar-refractivity contribution in [2.24, 2.45) is 5.41 Å². The number of benzene rings is 1. The van der Waals surface area contributed by atoms with Gasteiger partial charge in [0.1, 0.15) is 6.29 Å². The summed E-state index contributed by atoms with van der Waals surface area (Å²) in [5.41, 5.74) is 1.35. The summed E-state index contributed by atoms with van der Waals surface area (Å²) >= 11 is 0. The average molecular weight is 216 g/mol. The van der Waals surface area contributed by atoms with Gasteiger partial charge in [-0.15, -0.1) is 0 Å². The molecule has 0 saturated heterocycles. The minimum Gasteiger partial charge on any atom is -0.303 e. The molecule has 1 nitrogen and oxygen atoms in total. The lowest BCUT2D eigenvalue weighted by Gasteiger charge is -2.23. The second kappa shape index (κ2) is 6.26. The molecule has 0 N–H and O–H groups in total. The van der Waals surface area contributed by atoms with Crippen molar-refractivity contribution in [2.45, 2.75) is 33.1 Å². The van der Waals surface area contributed by atoms with E-state index < -0.39 is 0 Å². The van der Waals surface area contributed by atoms with Crippen molar-refractivity contribution in [2.75, 3.05) is 0 Å². The highest BCUT2D eigenvalue weighted by molar-refractivity contribution is 5.51. The van der Waals surface area contributed by atoms with Crippen molar-refractivity contribution in [3.63, 3.8) is 0 Å². The van der Waals surface area contributed by atoms with E-state index in [0.717, 1.165) is 19.1 Å². The van der Waals surface area contributed by atoms with Gasteiger partial charge >= 0.3 is 0 Å². The van der Waals surface area contributed by atoms with Crippen LogP contribution in [0.2, 0.25) is 0 Å². The third kappa shape index (κ3) is 4.01. The van der Waals surface area contributed by atoms with Gasteiger partial charge in [0, 0.05) is 6.42 Å². The first-order valence-corrected chi connectivity index (χ1v) is 5.88. The van der Waals surface area contributed by atoms with Gasteiger partial charge in [0.05, 0.1) is 0 Å².